The molecule has 1 N–H and O–H groups in total. The van der Waals surface area contributed by atoms with Crippen LogP contribution in [-0.2, 0) is 0 Å². The standard InChI is InChI=1S/C13H16ClFN2O/c14-11-3-1-9(2-4-11)6-17-13(18)10-5-12(15)8-16-7-10/h5,7-9,11H,1-4,6H2,(H,17,18). The number of alkyl halides is 1. The third kappa shape index (κ3) is 3.67. The molecule has 0 radical (unpaired) electrons. The number of carbonyl (C=O) groups excluding carboxylic acids is 1. The van der Waals surface area contributed by atoms with Gasteiger partial charge >= 0.3 is 0 Å². The zero-order valence-corrected chi connectivity index (χ0v) is 10.8. The summed E-state index contributed by atoms with van der Waals surface area (Å²) in [6.45, 7) is 0.624. The molecule has 1 aromatic heterocycles. The molecule has 1 aliphatic carbocycles. The summed E-state index contributed by atoms with van der Waals surface area (Å²) in [5, 5.41) is 3.10. The number of nitrogens with one attached hydrogen (secondary N) is 1. The first-order valence-corrected chi connectivity index (χ1v) is 6.61. The molecule has 1 heterocycles. The molecule has 0 spiro atoms. The number of pyridine rings is 1. The Morgan fingerprint density at radius 2 is 2.11 bits per heavy atom. The van der Waals surface area contributed by atoms with Crippen molar-refractivity contribution in [2.45, 2.75) is 31.1 Å². The molecular formula is C13H16ClFN2O. The Morgan fingerprint density at radius 1 is 1.39 bits per heavy atom. The number of carbonyl (C=O) groups is 1. The van der Waals surface area contributed by atoms with Crippen molar-refractivity contribution in [3.05, 3.63) is 29.8 Å². The maximum absolute atomic E-state index is 12.9. The highest BCUT2D eigenvalue weighted by atomic mass is 35.5. The largest absolute Gasteiger partial charge is 0.352 e. The van der Waals surface area contributed by atoms with Crippen molar-refractivity contribution in [1.82, 2.24) is 10.3 Å². The first-order valence-electron chi connectivity index (χ1n) is 6.18. The van der Waals surface area contributed by atoms with Gasteiger partial charge < -0.3 is 5.32 Å². The van der Waals surface area contributed by atoms with Gasteiger partial charge in [0.1, 0.15) is 5.82 Å². The van der Waals surface area contributed by atoms with Gasteiger partial charge in [0, 0.05) is 18.1 Å². The van der Waals surface area contributed by atoms with Gasteiger partial charge in [0.05, 0.1) is 11.8 Å². The molecule has 0 atom stereocenters. The predicted molar refractivity (Wildman–Crippen MR) is 68.1 cm³/mol. The highest BCUT2D eigenvalue weighted by molar-refractivity contribution is 6.20. The second-order valence-corrected chi connectivity index (χ2v) is 5.34. The fourth-order valence-electron chi connectivity index (χ4n) is 2.20. The van der Waals surface area contributed by atoms with Crippen LogP contribution < -0.4 is 5.32 Å². The minimum Gasteiger partial charge on any atom is -0.352 e. The van der Waals surface area contributed by atoms with E-state index in [1.54, 1.807) is 0 Å². The van der Waals surface area contributed by atoms with Crippen molar-refractivity contribution < 1.29 is 9.18 Å². The Bertz CT molecular complexity index is 419. The van der Waals surface area contributed by atoms with Gasteiger partial charge in [-0.2, -0.15) is 0 Å². The summed E-state index contributed by atoms with van der Waals surface area (Å²) in [6.07, 6.45) is 6.53. The number of hydrogen-bond acceptors (Lipinski definition) is 2. The summed E-state index contributed by atoms with van der Waals surface area (Å²) in [4.78, 5) is 15.4. The van der Waals surface area contributed by atoms with Gasteiger partial charge in [0.15, 0.2) is 0 Å². The summed E-state index contributed by atoms with van der Waals surface area (Å²) >= 11 is 6.02. The predicted octanol–water partition coefficient (Wildman–Crippen LogP) is 2.75. The lowest BCUT2D eigenvalue weighted by Crippen LogP contribution is -2.31. The fraction of sp³-hybridized carbons (Fsp3) is 0.538. The monoisotopic (exact) mass is 270 g/mol. The Balaban J connectivity index is 1.81. The highest BCUT2D eigenvalue weighted by Gasteiger charge is 2.20. The van der Waals surface area contributed by atoms with Crippen molar-refractivity contribution >= 4 is 17.5 Å². The van der Waals surface area contributed by atoms with Crippen molar-refractivity contribution in [2.24, 2.45) is 5.92 Å². The molecule has 0 aromatic carbocycles. The van der Waals surface area contributed by atoms with Gasteiger partial charge in [0.2, 0.25) is 0 Å². The summed E-state index contributed by atoms with van der Waals surface area (Å²) in [5.74, 6) is -0.286. The number of amides is 1. The molecular weight excluding hydrogens is 255 g/mol. The lowest BCUT2D eigenvalue weighted by atomic mass is 9.89. The van der Waals surface area contributed by atoms with Crippen LogP contribution in [-0.4, -0.2) is 22.8 Å². The van der Waals surface area contributed by atoms with Crippen LogP contribution in [0.25, 0.3) is 0 Å². The van der Waals surface area contributed by atoms with Crippen molar-refractivity contribution in [2.75, 3.05) is 6.54 Å². The molecule has 3 nitrogen and oxygen atoms in total. The average Bonchev–Trinajstić information content (AvgIpc) is 2.38. The molecule has 98 valence electrons. The maximum atomic E-state index is 12.9. The van der Waals surface area contributed by atoms with Crippen LogP contribution in [0.3, 0.4) is 0 Å². The van der Waals surface area contributed by atoms with Gasteiger partial charge in [-0.25, -0.2) is 4.39 Å². The second-order valence-electron chi connectivity index (χ2n) is 4.72. The van der Waals surface area contributed by atoms with Crippen LogP contribution in [0.15, 0.2) is 18.5 Å². The summed E-state index contributed by atoms with van der Waals surface area (Å²) in [5.41, 5.74) is 0.265. The number of hydrogen-bond donors (Lipinski definition) is 1. The fourth-order valence-corrected chi connectivity index (χ4v) is 2.45. The molecule has 0 saturated heterocycles. The minimum absolute atomic E-state index is 0.265. The van der Waals surface area contributed by atoms with E-state index in [1.165, 1.54) is 12.3 Å². The van der Waals surface area contributed by atoms with E-state index in [1.807, 2.05) is 0 Å². The number of halogens is 2. The number of rotatable bonds is 3. The van der Waals surface area contributed by atoms with Gasteiger partial charge in [0.25, 0.3) is 5.91 Å². The van der Waals surface area contributed by atoms with Crippen molar-refractivity contribution in [3.63, 3.8) is 0 Å². The summed E-state index contributed by atoms with van der Waals surface area (Å²) < 4.78 is 12.9. The average molecular weight is 271 g/mol. The van der Waals surface area contributed by atoms with Crippen LogP contribution in [0.2, 0.25) is 0 Å². The molecule has 5 heteroatoms. The topological polar surface area (TPSA) is 42.0 Å². The Hall–Kier alpha value is -1.16. The Labute approximate surface area is 111 Å². The van der Waals surface area contributed by atoms with E-state index in [0.717, 1.165) is 31.9 Å². The van der Waals surface area contributed by atoms with Crippen LogP contribution in [0.1, 0.15) is 36.0 Å². The molecule has 0 bridgehead atoms. The summed E-state index contributed by atoms with van der Waals surface area (Å²) in [6, 6.07) is 1.19. The van der Waals surface area contributed by atoms with Crippen LogP contribution in [0, 0.1) is 11.7 Å². The smallest absolute Gasteiger partial charge is 0.252 e. The minimum atomic E-state index is -0.495. The van der Waals surface area contributed by atoms with Crippen molar-refractivity contribution in [3.8, 4) is 0 Å². The molecule has 18 heavy (non-hydrogen) atoms. The molecule has 1 amide bonds. The lowest BCUT2D eigenvalue weighted by molar-refractivity contribution is 0.0943. The zero-order valence-electron chi connectivity index (χ0n) is 10.0. The number of nitrogens with zero attached hydrogens (tertiary/aromatic N) is 1. The van der Waals surface area contributed by atoms with Crippen molar-refractivity contribution in [1.29, 1.82) is 0 Å². The van der Waals surface area contributed by atoms with Gasteiger partial charge in [-0.05, 0) is 37.7 Å². The normalized spacial score (nSPS) is 23.7. The first kappa shape index (κ1) is 13.3. The molecule has 1 aliphatic rings. The highest BCUT2D eigenvalue weighted by Crippen LogP contribution is 2.26. The first-order chi connectivity index (χ1) is 8.65. The van der Waals surface area contributed by atoms with E-state index in [2.05, 4.69) is 10.3 Å². The molecule has 1 aromatic rings. The lowest BCUT2D eigenvalue weighted by Gasteiger charge is -2.25. The van der Waals surface area contributed by atoms with E-state index in [-0.39, 0.29) is 16.8 Å². The third-order valence-electron chi connectivity index (χ3n) is 3.29. The third-order valence-corrected chi connectivity index (χ3v) is 3.73. The second kappa shape index (κ2) is 6.14. The van der Waals surface area contributed by atoms with Crippen LogP contribution in [0.5, 0.6) is 0 Å². The van der Waals surface area contributed by atoms with Gasteiger partial charge in [-0.15, -0.1) is 11.6 Å². The molecule has 0 aliphatic heterocycles. The maximum Gasteiger partial charge on any atom is 0.252 e. The Kier molecular flexibility index (Phi) is 4.53. The Morgan fingerprint density at radius 3 is 2.78 bits per heavy atom. The van der Waals surface area contributed by atoms with E-state index >= 15 is 0 Å². The van der Waals surface area contributed by atoms with E-state index in [0.29, 0.717) is 12.5 Å². The van der Waals surface area contributed by atoms with E-state index in [9.17, 15) is 9.18 Å². The van der Waals surface area contributed by atoms with E-state index in [4.69, 9.17) is 11.6 Å². The van der Waals surface area contributed by atoms with Crippen LogP contribution >= 0.6 is 11.6 Å². The molecule has 1 fully saturated rings. The summed E-state index contributed by atoms with van der Waals surface area (Å²) in [7, 11) is 0. The van der Waals surface area contributed by atoms with Crippen LogP contribution in [0.4, 0.5) is 4.39 Å². The molecule has 2 rings (SSSR count). The molecule has 1 saturated carbocycles. The van der Waals surface area contributed by atoms with E-state index < -0.39 is 5.82 Å². The SMILES string of the molecule is O=C(NCC1CCC(Cl)CC1)c1cncc(F)c1. The van der Waals surface area contributed by atoms with Gasteiger partial charge in [-0.3, -0.25) is 9.78 Å². The quantitative estimate of drug-likeness (QED) is 0.858. The number of aromatic nitrogens is 1. The van der Waals surface area contributed by atoms with Gasteiger partial charge in [-0.1, -0.05) is 0 Å². The zero-order chi connectivity index (χ0) is 13.0. The molecule has 0 unspecified atom stereocenters.